The molecule has 5 N–H and O–H groups in total. The summed E-state index contributed by atoms with van der Waals surface area (Å²) >= 11 is 12.0. The number of nitrogens with two attached hydrogens (primary N) is 1. The average Bonchev–Trinajstić information content (AvgIpc) is 2.33. The number of hydrogen-bond donors (Lipinski definition) is 4. The van der Waals surface area contributed by atoms with Crippen LogP contribution in [-0.2, 0) is 0 Å². The Kier molecular flexibility index (Phi) is 5.47. The lowest BCUT2D eigenvalue weighted by molar-refractivity contribution is 0.252. The third-order valence-corrected chi connectivity index (χ3v) is 3.51. The van der Waals surface area contributed by atoms with E-state index in [9.17, 15) is 0 Å². The fourth-order valence-corrected chi connectivity index (χ4v) is 1.98. The van der Waals surface area contributed by atoms with Crippen molar-refractivity contribution in [3.05, 3.63) is 16.1 Å². The Hall–Kier alpha value is -0.750. The molecule has 0 aromatic carbocycles. The van der Waals surface area contributed by atoms with Gasteiger partial charge < -0.3 is 15.8 Å². The molecule has 0 aliphatic heterocycles. The summed E-state index contributed by atoms with van der Waals surface area (Å²) in [6.07, 6.45) is 1.41. The zero-order valence-corrected chi connectivity index (χ0v) is 11.9. The monoisotopic (exact) mass is 292 g/mol. The summed E-state index contributed by atoms with van der Waals surface area (Å²) in [7, 11) is 0. The minimum Gasteiger partial charge on any atom is -0.396 e. The summed E-state index contributed by atoms with van der Waals surface area (Å²) < 4.78 is 0. The molecule has 0 aliphatic carbocycles. The van der Waals surface area contributed by atoms with E-state index in [1.807, 2.05) is 13.8 Å². The molecule has 0 aliphatic rings. The molecule has 1 aromatic rings. The second-order valence-electron chi connectivity index (χ2n) is 4.31. The highest BCUT2D eigenvalue weighted by atomic mass is 35.5. The fourth-order valence-electron chi connectivity index (χ4n) is 1.52. The van der Waals surface area contributed by atoms with Crippen LogP contribution in [0.5, 0.6) is 0 Å². The Morgan fingerprint density at radius 1 is 1.39 bits per heavy atom. The molecule has 0 radical (unpaired) electrons. The molecule has 1 aromatic heterocycles. The molecule has 18 heavy (non-hydrogen) atoms. The van der Waals surface area contributed by atoms with E-state index < -0.39 is 0 Å². The summed E-state index contributed by atoms with van der Waals surface area (Å²) in [6, 6.07) is 1.57. The van der Waals surface area contributed by atoms with E-state index in [0.29, 0.717) is 28.1 Å². The van der Waals surface area contributed by atoms with Gasteiger partial charge in [0.2, 0.25) is 0 Å². The van der Waals surface area contributed by atoms with E-state index in [2.05, 4.69) is 15.7 Å². The first-order valence-electron chi connectivity index (χ1n) is 5.67. The number of hydrogen-bond acceptors (Lipinski definition) is 5. The fraction of sp³-hybridized carbons (Fsp3) is 0.545. The van der Waals surface area contributed by atoms with Crippen LogP contribution in [0, 0.1) is 0 Å². The van der Waals surface area contributed by atoms with Gasteiger partial charge in [-0.15, -0.1) is 0 Å². The van der Waals surface area contributed by atoms with Crippen LogP contribution in [0.25, 0.3) is 0 Å². The van der Waals surface area contributed by atoms with Crippen molar-refractivity contribution >= 4 is 34.8 Å². The molecule has 0 amide bonds. The molecule has 7 heteroatoms. The average molecular weight is 293 g/mol. The number of halogens is 2. The Balaban J connectivity index is 3.02. The van der Waals surface area contributed by atoms with E-state index in [1.54, 1.807) is 6.07 Å². The van der Waals surface area contributed by atoms with Crippen molar-refractivity contribution < 1.29 is 5.11 Å². The number of nitrogen functional groups attached to an aromatic ring is 1. The molecule has 1 unspecified atom stereocenters. The summed E-state index contributed by atoms with van der Waals surface area (Å²) in [5, 5.41) is 13.1. The van der Waals surface area contributed by atoms with E-state index in [1.165, 1.54) is 0 Å². The first kappa shape index (κ1) is 15.3. The third-order valence-electron chi connectivity index (χ3n) is 2.93. The number of nitrogens with one attached hydrogen (secondary N) is 2. The van der Waals surface area contributed by atoms with Crippen LogP contribution in [0.2, 0.25) is 10.0 Å². The first-order valence-corrected chi connectivity index (χ1v) is 6.43. The Morgan fingerprint density at radius 2 is 2.00 bits per heavy atom. The Morgan fingerprint density at radius 3 is 2.50 bits per heavy atom. The van der Waals surface area contributed by atoms with Crippen LogP contribution in [0.3, 0.4) is 0 Å². The molecule has 102 valence electrons. The van der Waals surface area contributed by atoms with Crippen molar-refractivity contribution in [1.29, 1.82) is 0 Å². The number of rotatable bonds is 6. The molecular weight excluding hydrogens is 275 g/mol. The molecule has 1 heterocycles. The Bertz CT molecular complexity index is 416. The van der Waals surface area contributed by atoms with Gasteiger partial charge in [-0.3, -0.25) is 0 Å². The number of nitrogens with zero attached hydrogens (tertiary/aromatic N) is 1. The van der Waals surface area contributed by atoms with Gasteiger partial charge in [0, 0.05) is 12.1 Å². The molecule has 0 saturated carbocycles. The van der Waals surface area contributed by atoms with Crippen molar-refractivity contribution in [3.63, 3.8) is 0 Å². The first-order chi connectivity index (χ1) is 8.45. The van der Waals surface area contributed by atoms with Gasteiger partial charge in [-0.05, 0) is 25.8 Å². The van der Waals surface area contributed by atoms with Crippen molar-refractivity contribution in [3.8, 4) is 0 Å². The van der Waals surface area contributed by atoms with Crippen molar-refractivity contribution in [2.75, 3.05) is 17.3 Å². The molecule has 1 rings (SSSR count). The predicted octanol–water partition coefficient (Wildman–Crippen LogP) is 2.64. The molecule has 0 fully saturated rings. The van der Waals surface area contributed by atoms with Gasteiger partial charge in [0.1, 0.15) is 5.82 Å². The van der Waals surface area contributed by atoms with Gasteiger partial charge in [-0.2, -0.15) is 0 Å². The normalized spacial score (nSPS) is 14.1. The molecule has 5 nitrogen and oxygen atoms in total. The quantitative estimate of drug-likeness (QED) is 0.479. The van der Waals surface area contributed by atoms with Crippen LogP contribution in [0.1, 0.15) is 26.7 Å². The second-order valence-corrected chi connectivity index (χ2v) is 5.12. The second kappa shape index (κ2) is 6.43. The minimum absolute atomic E-state index is 0.0878. The van der Waals surface area contributed by atoms with Gasteiger partial charge >= 0.3 is 0 Å². The highest BCUT2D eigenvalue weighted by molar-refractivity contribution is 6.37. The maximum atomic E-state index is 9.08. The lowest BCUT2D eigenvalue weighted by Crippen LogP contribution is -2.35. The van der Waals surface area contributed by atoms with Gasteiger partial charge in [0.25, 0.3) is 0 Å². The van der Waals surface area contributed by atoms with Crippen LogP contribution in [0.15, 0.2) is 6.07 Å². The number of aromatic nitrogens is 1. The zero-order valence-electron chi connectivity index (χ0n) is 10.4. The summed E-state index contributed by atoms with van der Waals surface area (Å²) in [6.45, 7) is 4.10. The summed E-state index contributed by atoms with van der Waals surface area (Å²) in [5.74, 6) is 6.16. The van der Waals surface area contributed by atoms with Crippen molar-refractivity contribution in [2.45, 2.75) is 32.2 Å². The lowest BCUT2D eigenvalue weighted by Gasteiger charge is -2.30. The largest absolute Gasteiger partial charge is 0.396 e. The van der Waals surface area contributed by atoms with Gasteiger partial charge in [-0.25, -0.2) is 10.8 Å². The summed E-state index contributed by atoms with van der Waals surface area (Å²) in [4.78, 5) is 4.21. The topological polar surface area (TPSA) is 83.2 Å². The van der Waals surface area contributed by atoms with Gasteiger partial charge in [-0.1, -0.05) is 30.1 Å². The van der Waals surface area contributed by atoms with Crippen molar-refractivity contribution in [2.24, 2.45) is 5.84 Å². The van der Waals surface area contributed by atoms with Gasteiger partial charge in [0.15, 0.2) is 5.82 Å². The van der Waals surface area contributed by atoms with E-state index in [-0.39, 0.29) is 12.1 Å². The zero-order chi connectivity index (χ0) is 13.8. The number of aliphatic hydroxyl groups excluding tert-OH is 1. The van der Waals surface area contributed by atoms with Crippen LogP contribution >= 0.6 is 23.2 Å². The van der Waals surface area contributed by atoms with Crippen LogP contribution < -0.4 is 16.6 Å². The lowest BCUT2D eigenvalue weighted by atomic mass is 9.95. The number of anilines is 2. The summed E-state index contributed by atoms with van der Waals surface area (Å²) in [5.41, 5.74) is 2.12. The maximum Gasteiger partial charge on any atom is 0.161 e. The highest BCUT2D eigenvalue weighted by Crippen LogP contribution is 2.31. The van der Waals surface area contributed by atoms with Crippen LogP contribution in [0.4, 0.5) is 11.6 Å². The molecule has 0 spiro atoms. The SMILES string of the molecule is CCC(C)(CCO)Nc1nc(NN)c(Cl)cc1Cl. The predicted molar refractivity (Wildman–Crippen MR) is 76.1 cm³/mol. The van der Waals surface area contributed by atoms with E-state index in [0.717, 1.165) is 6.42 Å². The van der Waals surface area contributed by atoms with E-state index in [4.69, 9.17) is 34.2 Å². The molecular formula is C11H18Cl2N4O. The standard InChI is InChI=1S/C11H18Cl2N4O/c1-3-11(2,4-5-18)16-9-7(12)6-8(13)10(15-9)17-14/h6,18H,3-5,14H2,1-2H3,(H2,15,16,17). The number of hydrazine groups is 1. The Labute approximate surface area is 117 Å². The van der Waals surface area contributed by atoms with Crippen LogP contribution in [-0.4, -0.2) is 22.2 Å². The highest BCUT2D eigenvalue weighted by Gasteiger charge is 2.23. The van der Waals surface area contributed by atoms with Gasteiger partial charge in [0.05, 0.1) is 10.0 Å². The molecule has 0 bridgehead atoms. The molecule has 1 atom stereocenters. The number of pyridine rings is 1. The minimum atomic E-state index is -0.287. The maximum absolute atomic E-state index is 9.08. The van der Waals surface area contributed by atoms with Crippen molar-refractivity contribution in [1.82, 2.24) is 4.98 Å². The third kappa shape index (κ3) is 3.62. The number of aliphatic hydroxyl groups is 1. The van der Waals surface area contributed by atoms with E-state index >= 15 is 0 Å². The molecule has 0 saturated heterocycles. The smallest absolute Gasteiger partial charge is 0.161 e.